The zero-order chi connectivity index (χ0) is 17.9. The first-order chi connectivity index (χ1) is 12.2. The van der Waals surface area contributed by atoms with Gasteiger partial charge in [-0.15, -0.1) is 0 Å². The number of ketones is 1. The van der Waals surface area contributed by atoms with Crippen LogP contribution in [-0.2, 0) is 25.6 Å². The van der Waals surface area contributed by atoms with Gasteiger partial charge in [0, 0.05) is 12.5 Å². The van der Waals surface area contributed by atoms with Gasteiger partial charge in [-0.25, -0.2) is 0 Å². The maximum Gasteiger partial charge on any atom is 0.183 e. The van der Waals surface area contributed by atoms with Crippen LogP contribution in [0.4, 0.5) is 0 Å². The fourth-order valence-corrected chi connectivity index (χ4v) is 4.02. The number of ether oxygens (including phenoxy) is 3. The van der Waals surface area contributed by atoms with E-state index in [4.69, 9.17) is 14.2 Å². The summed E-state index contributed by atoms with van der Waals surface area (Å²) >= 11 is 0. The Morgan fingerprint density at radius 2 is 2.04 bits per heavy atom. The lowest BCUT2D eigenvalue weighted by atomic mass is 9.72. The zero-order valence-electron chi connectivity index (χ0n) is 15.0. The van der Waals surface area contributed by atoms with Gasteiger partial charge in [0.05, 0.1) is 19.3 Å². The molecule has 0 radical (unpaired) electrons. The first kappa shape index (κ1) is 18.5. The van der Waals surface area contributed by atoms with Crippen LogP contribution in [0.5, 0.6) is 0 Å². The highest BCUT2D eigenvalue weighted by Crippen LogP contribution is 2.46. The van der Waals surface area contributed by atoms with Gasteiger partial charge in [-0.3, -0.25) is 4.79 Å². The number of Topliss-reactive ketones (excluding diaryl/α,β-unsaturated/α-hetero) is 1. The highest BCUT2D eigenvalue weighted by molar-refractivity contribution is 5.92. The molecule has 5 nitrogen and oxygen atoms in total. The van der Waals surface area contributed by atoms with E-state index in [-0.39, 0.29) is 30.5 Å². The van der Waals surface area contributed by atoms with Crippen LogP contribution >= 0.6 is 0 Å². The van der Waals surface area contributed by atoms with Crippen LogP contribution in [0.3, 0.4) is 0 Å². The van der Waals surface area contributed by atoms with Crippen molar-refractivity contribution in [1.29, 1.82) is 0 Å². The lowest BCUT2D eigenvalue weighted by Crippen LogP contribution is -2.75. The normalized spacial score (nSPS) is 31.4. The van der Waals surface area contributed by atoms with E-state index in [2.05, 4.69) is 0 Å². The second kappa shape index (κ2) is 7.96. The minimum atomic E-state index is -1.18. The van der Waals surface area contributed by atoms with E-state index in [9.17, 15) is 9.90 Å². The molecule has 1 aromatic rings. The molecule has 0 saturated carbocycles. The van der Waals surface area contributed by atoms with Crippen LogP contribution in [-0.4, -0.2) is 48.0 Å². The van der Waals surface area contributed by atoms with Crippen molar-refractivity contribution in [2.24, 2.45) is 5.92 Å². The first-order valence-corrected chi connectivity index (χ1v) is 9.27. The number of hydrogen-bond donors (Lipinski definition) is 1. The van der Waals surface area contributed by atoms with Gasteiger partial charge in [-0.1, -0.05) is 44.2 Å². The van der Waals surface area contributed by atoms with Crippen LogP contribution < -0.4 is 0 Å². The summed E-state index contributed by atoms with van der Waals surface area (Å²) in [5.41, 5.74) is -0.126. The monoisotopic (exact) mass is 348 g/mol. The van der Waals surface area contributed by atoms with Gasteiger partial charge >= 0.3 is 0 Å². The molecular weight excluding hydrogens is 320 g/mol. The average Bonchev–Trinajstić information content (AvgIpc) is 2.92. The summed E-state index contributed by atoms with van der Waals surface area (Å²) < 4.78 is 18.0. The fraction of sp³-hybridized carbons (Fsp3) is 0.650. The van der Waals surface area contributed by atoms with Crippen molar-refractivity contribution >= 4 is 5.78 Å². The van der Waals surface area contributed by atoms with Crippen molar-refractivity contribution in [2.75, 3.05) is 13.2 Å². The van der Waals surface area contributed by atoms with Crippen molar-refractivity contribution in [2.45, 2.75) is 63.6 Å². The van der Waals surface area contributed by atoms with E-state index in [1.54, 1.807) is 0 Å². The predicted molar refractivity (Wildman–Crippen MR) is 93.1 cm³/mol. The first-order valence-electron chi connectivity index (χ1n) is 9.27. The highest BCUT2D eigenvalue weighted by Gasteiger charge is 2.67. The second-order valence-electron chi connectivity index (χ2n) is 6.87. The van der Waals surface area contributed by atoms with Crippen LogP contribution in [0.15, 0.2) is 30.3 Å². The summed E-state index contributed by atoms with van der Waals surface area (Å²) in [6, 6.07) is 9.89. The molecule has 1 N–H and O–H groups in total. The van der Waals surface area contributed by atoms with Gasteiger partial charge in [-0.2, -0.15) is 0 Å². The highest BCUT2D eigenvalue weighted by atomic mass is 16.6. The van der Waals surface area contributed by atoms with Crippen LogP contribution in [0.2, 0.25) is 0 Å². The average molecular weight is 348 g/mol. The molecule has 5 heteroatoms. The number of benzene rings is 1. The number of aliphatic hydroxyl groups excluding tert-OH is 1. The lowest BCUT2D eigenvalue weighted by Gasteiger charge is -2.54. The maximum atomic E-state index is 13.3. The Morgan fingerprint density at radius 1 is 1.32 bits per heavy atom. The standard InChI is InChI=1S/C20H28O5/c1-3-15(4-2)18(22)20-17(12-21)23-11-10-16(25-20)19(20)24-13-14-8-6-5-7-9-14/h5-9,15-17,19,21H,3-4,10-13H2,1-2H3. The van der Waals surface area contributed by atoms with E-state index < -0.39 is 11.7 Å². The van der Waals surface area contributed by atoms with Gasteiger partial charge < -0.3 is 19.3 Å². The quantitative estimate of drug-likeness (QED) is 0.782. The Bertz CT molecular complexity index is 571. The molecule has 2 aliphatic rings. The molecule has 2 saturated heterocycles. The Balaban J connectivity index is 1.84. The smallest absolute Gasteiger partial charge is 0.183 e. The van der Waals surface area contributed by atoms with Gasteiger partial charge in [0.2, 0.25) is 0 Å². The van der Waals surface area contributed by atoms with E-state index in [1.807, 2.05) is 44.2 Å². The van der Waals surface area contributed by atoms with E-state index >= 15 is 0 Å². The maximum absolute atomic E-state index is 13.3. The molecule has 0 amide bonds. The topological polar surface area (TPSA) is 65.0 Å². The fourth-order valence-electron chi connectivity index (χ4n) is 4.02. The molecule has 25 heavy (non-hydrogen) atoms. The second-order valence-corrected chi connectivity index (χ2v) is 6.87. The summed E-state index contributed by atoms with van der Waals surface area (Å²) in [6.45, 7) is 4.65. The number of carbonyl (C=O) groups is 1. The minimum absolute atomic E-state index is 0.00719. The number of rotatable bonds is 8. The Kier molecular flexibility index (Phi) is 5.89. The van der Waals surface area contributed by atoms with Gasteiger partial charge in [0.25, 0.3) is 0 Å². The van der Waals surface area contributed by atoms with Crippen molar-refractivity contribution in [3.05, 3.63) is 35.9 Å². The minimum Gasteiger partial charge on any atom is -0.394 e. The molecule has 4 unspecified atom stereocenters. The number of aliphatic hydroxyl groups is 1. The zero-order valence-corrected chi connectivity index (χ0v) is 15.0. The summed E-state index contributed by atoms with van der Waals surface area (Å²) in [6.07, 6.45) is 0.969. The van der Waals surface area contributed by atoms with Crippen molar-refractivity contribution in [3.8, 4) is 0 Å². The molecule has 138 valence electrons. The summed E-state index contributed by atoms with van der Waals surface area (Å²) in [5, 5.41) is 9.84. The summed E-state index contributed by atoms with van der Waals surface area (Å²) in [4.78, 5) is 13.3. The molecule has 2 bridgehead atoms. The van der Waals surface area contributed by atoms with Crippen molar-refractivity contribution in [1.82, 2.24) is 0 Å². The molecule has 0 aromatic heterocycles. The van der Waals surface area contributed by atoms with Gasteiger partial charge in [0.1, 0.15) is 12.2 Å². The molecule has 0 aliphatic carbocycles. The number of carbonyl (C=O) groups excluding carboxylic acids is 1. The Hall–Kier alpha value is -1.27. The molecular formula is C20H28O5. The number of hydrogen-bond acceptors (Lipinski definition) is 5. The molecule has 2 fully saturated rings. The Labute approximate surface area is 149 Å². The Morgan fingerprint density at radius 3 is 2.68 bits per heavy atom. The van der Waals surface area contributed by atoms with E-state index in [0.717, 1.165) is 18.4 Å². The summed E-state index contributed by atoms with van der Waals surface area (Å²) in [7, 11) is 0. The largest absolute Gasteiger partial charge is 0.394 e. The molecule has 0 spiro atoms. The SMILES string of the molecule is CCC(CC)C(=O)C12OC(CCOC1CO)C2OCc1ccccc1. The third-order valence-corrected chi connectivity index (χ3v) is 5.49. The van der Waals surface area contributed by atoms with Crippen molar-refractivity contribution in [3.63, 3.8) is 0 Å². The predicted octanol–water partition coefficient (Wildman–Crippen LogP) is 2.50. The van der Waals surface area contributed by atoms with Gasteiger partial charge in [0.15, 0.2) is 11.4 Å². The molecule has 1 aromatic carbocycles. The molecule has 2 heterocycles. The van der Waals surface area contributed by atoms with E-state index in [1.165, 1.54) is 0 Å². The van der Waals surface area contributed by atoms with Crippen LogP contribution in [0, 0.1) is 5.92 Å². The third kappa shape index (κ3) is 3.26. The molecule has 3 rings (SSSR count). The van der Waals surface area contributed by atoms with Crippen LogP contribution in [0.1, 0.15) is 38.7 Å². The third-order valence-electron chi connectivity index (χ3n) is 5.49. The van der Waals surface area contributed by atoms with E-state index in [0.29, 0.717) is 19.6 Å². The molecule has 2 aliphatic heterocycles. The number of fused-ring (bicyclic) bond motifs is 2. The lowest BCUT2D eigenvalue weighted by molar-refractivity contribution is -0.310. The van der Waals surface area contributed by atoms with Crippen LogP contribution in [0.25, 0.3) is 0 Å². The van der Waals surface area contributed by atoms with Crippen molar-refractivity contribution < 1.29 is 24.1 Å². The van der Waals surface area contributed by atoms with Gasteiger partial charge in [-0.05, 0) is 24.8 Å². The summed E-state index contributed by atoms with van der Waals surface area (Å²) in [5.74, 6) is -0.104. The molecule has 4 atom stereocenters.